The molecule has 0 saturated heterocycles. The number of rotatable bonds is 9. The van der Waals surface area contributed by atoms with Crippen LogP contribution in [0.15, 0.2) is 0 Å². The van der Waals surface area contributed by atoms with Crippen LogP contribution in [0.25, 0.3) is 0 Å². The minimum Gasteiger partial charge on any atom is -0.480 e. The summed E-state index contributed by atoms with van der Waals surface area (Å²) in [4.78, 5) is 11.4. The summed E-state index contributed by atoms with van der Waals surface area (Å²) in [5.41, 5.74) is -0.909. The fourth-order valence-electron chi connectivity index (χ4n) is 2.18. The van der Waals surface area contributed by atoms with Gasteiger partial charge in [-0.3, -0.25) is 10.1 Å². The Hall–Kier alpha value is -0.650. The molecule has 1 aliphatic carbocycles. The molecule has 106 valence electrons. The van der Waals surface area contributed by atoms with Gasteiger partial charge in [-0.05, 0) is 33.6 Å². The Balaban J connectivity index is 2.46. The molecule has 0 spiro atoms. The van der Waals surface area contributed by atoms with E-state index in [9.17, 15) is 9.90 Å². The van der Waals surface area contributed by atoms with Crippen molar-refractivity contribution in [2.75, 3.05) is 13.7 Å². The molecule has 1 aliphatic rings. The summed E-state index contributed by atoms with van der Waals surface area (Å²) in [5.74, 6) is -0.816. The van der Waals surface area contributed by atoms with Crippen LogP contribution < -0.4 is 5.32 Å². The molecule has 0 aliphatic heterocycles. The van der Waals surface area contributed by atoms with Gasteiger partial charge in [0.15, 0.2) is 0 Å². The number of aliphatic carboxylic acids is 1. The van der Waals surface area contributed by atoms with Crippen molar-refractivity contribution in [3.8, 4) is 0 Å². The quantitative estimate of drug-likeness (QED) is 0.655. The van der Waals surface area contributed by atoms with E-state index in [1.54, 1.807) is 14.0 Å². The highest BCUT2D eigenvalue weighted by atomic mass is 16.5. The zero-order valence-electron chi connectivity index (χ0n) is 11.7. The SMILES string of the molecule is COCC(C)OC(C)CC(C)(NC1CC1)C(=O)O. The molecule has 0 amide bonds. The van der Waals surface area contributed by atoms with Crippen LogP contribution in [0.4, 0.5) is 0 Å². The van der Waals surface area contributed by atoms with E-state index < -0.39 is 11.5 Å². The van der Waals surface area contributed by atoms with Crippen LogP contribution in [-0.2, 0) is 14.3 Å². The summed E-state index contributed by atoms with van der Waals surface area (Å²) >= 11 is 0. The molecule has 0 heterocycles. The van der Waals surface area contributed by atoms with Crippen molar-refractivity contribution in [2.24, 2.45) is 0 Å². The summed E-state index contributed by atoms with van der Waals surface area (Å²) in [7, 11) is 1.63. The third-order valence-corrected chi connectivity index (χ3v) is 3.13. The maximum absolute atomic E-state index is 11.4. The molecular formula is C13H25NO4. The third kappa shape index (κ3) is 4.92. The average Bonchev–Trinajstić information content (AvgIpc) is 3.00. The fraction of sp³-hybridized carbons (Fsp3) is 0.923. The predicted molar refractivity (Wildman–Crippen MR) is 68.7 cm³/mol. The topological polar surface area (TPSA) is 67.8 Å². The van der Waals surface area contributed by atoms with Crippen LogP contribution in [0, 0.1) is 0 Å². The molecule has 1 rings (SSSR count). The summed E-state index contributed by atoms with van der Waals surface area (Å²) < 4.78 is 10.7. The van der Waals surface area contributed by atoms with Gasteiger partial charge in [-0.25, -0.2) is 0 Å². The predicted octanol–water partition coefficient (Wildman–Crippen LogP) is 1.41. The van der Waals surface area contributed by atoms with E-state index in [1.165, 1.54) is 0 Å². The van der Waals surface area contributed by atoms with Gasteiger partial charge < -0.3 is 14.6 Å². The van der Waals surface area contributed by atoms with Gasteiger partial charge in [0.05, 0.1) is 18.8 Å². The lowest BCUT2D eigenvalue weighted by atomic mass is 9.94. The molecule has 0 aromatic carbocycles. The van der Waals surface area contributed by atoms with Gasteiger partial charge in [0.2, 0.25) is 0 Å². The van der Waals surface area contributed by atoms with Gasteiger partial charge in [-0.1, -0.05) is 0 Å². The summed E-state index contributed by atoms with van der Waals surface area (Å²) in [5, 5.41) is 12.5. The van der Waals surface area contributed by atoms with Crippen molar-refractivity contribution >= 4 is 5.97 Å². The van der Waals surface area contributed by atoms with Crippen molar-refractivity contribution in [3.63, 3.8) is 0 Å². The fourth-order valence-corrected chi connectivity index (χ4v) is 2.18. The summed E-state index contributed by atoms with van der Waals surface area (Å²) in [6, 6.07) is 0.356. The van der Waals surface area contributed by atoms with Crippen molar-refractivity contribution in [1.29, 1.82) is 0 Å². The van der Waals surface area contributed by atoms with E-state index in [-0.39, 0.29) is 12.2 Å². The molecular weight excluding hydrogens is 234 g/mol. The molecule has 2 N–H and O–H groups in total. The Kier molecular flexibility index (Phi) is 5.56. The first kappa shape index (κ1) is 15.4. The van der Waals surface area contributed by atoms with Crippen LogP contribution in [0.2, 0.25) is 0 Å². The van der Waals surface area contributed by atoms with Crippen molar-refractivity contribution in [2.45, 2.75) is 63.8 Å². The monoisotopic (exact) mass is 259 g/mol. The molecule has 3 atom stereocenters. The molecule has 5 heteroatoms. The maximum atomic E-state index is 11.4. The van der Waals surface area contributed by atoms with Crippen LogP contribution in [0.3, 0.4) is 0 Å². The zero-order valence-corrected chi connectivity index (χ0v) is 11.7. The molecule has 0 radical (unpaired) electrons. The first-order valence-corrected chi connectivity index (χ1v) is 6.53. The molecule has 0 aromatic heterocycles. The molecule has 1 saturated carbocycles. The zero-order chi connectivity index (χ0) is 13.8. The maximum Gasteiger partial charge on any atom is 0.323 e. The smallest absolute Gasteiger partial charge is 0.323 e. The number of hydrogen-bond donors (Lipinski definition) is 2. The number of methoxy groups -OCH3 is 1. The number of carboxylic acid groups (broad SMARTS) is 1. The van der Waals surface area contributed by atoms with Gasteiger partial charge in [-0.2, -0.15) is 0 Å². The summed E-state index contributed by atoms with van der Waals surface area (Å²) in [6.45, 7) is 6.08. The van der Waals surface area contributed by atoms with E-state index in [1.807, 2.05) is 13.8 Å². The number of nitrogens with one attached hydrogen (secondary N) is 1. The Morgan fingerprint density at radius 1 is 1.44 bits per heavy atom. The Labute approximate surface area is 109 Å². The lowest BCUT2D eigenvalue weighted by Crippen LogP contribution is -2.52. The Morgan fingerprint density at radius 3 is 2.50 bits per heavy atom. The van der Waals surface area contributed by atoms with Gasteiger partial charge in [0, 0.05) is 19.6 Å². The molecule has 1 fully saturated rings. The Morgan fingerprint density at radius 2 is 2.06 bits per heavy atom. The molecule has 3 unspecified atom stereocenters. The normalized spacial score (nSPS) is 22.2. The molecule has 18 heavy (non-hydrogen) atoms. The Bertz CT molecular complexity index is 280. The minimum atomic E-state index is -0.909. The van der Waals surface area contributed by atoms with Gasteiger partial charge in [0.25, 0.3) is 0 Å². The van der Waals surface area contributed by atoms with Crippen molar-refractivity contribution < 1.29 is 19.4 Å². The van der Waals surface area contributed by atoms with E-state index in [2.05, 4.69) is 5.32 Å². The second-order valence-electron chi connectivity index (χ2n) is 5.47. The van der Waals surface area contributed by atoms with Crippen LogP contribution >= 0.6 is 0 Å². The second-order valence-corrected chi connectivity index (χ2v) is 5.47. The van der Waals surface area contributed by atoms with E-state index in [0.29, 0.717) is 19.1 Å². The van der Waals surface area contributed by atoms with Crippen LogP contribution in [0.1, 0.15) is 40.0 Å². The number of hydrogen-bond acceptors (Lipinski definition) is 4. The summed E-state index contributed by atoms with van der Waals surface area (Å²) in [6.07, 6.45) is 2.44. The lowest BCUT2D eigenvalue weighted by Gasteiger charge is -2.30. The average molecular weight is 259 g/mol. The molecule has 0 bridgehead atoms. The van der Waals surface area contributed by atoms with Crippen molar-refractivity contribution in [3.05, 3.63) is 0 Å². The van der Waals surface area contributed by atoms with E-state index in [0.717, 1.165) is 12.8 Å². The number of carboxylic acids is 1. The highest BCUT2D eigenvalue weighted by Gasteiger charge is 2.39. The van der Waals surface area contributed by atoms with Gasteiger partial charge in [0.1, 0.15) is 5.54 Å². The largest absolute Gasteiger partial charge is 0.480 e. The van der Waals surface area contributed by atoms with E-state index >= 15 is 0 Å². The first-order valence-electron chi connectivity index (χ1n) is 6.53. The van der Waals surface area contributed by atoms with Gasteiger partial charge in [-0.15, -0.1) is 0 Å². The van der Waals surface area contributed by atoms with Crippen LogP contribution in [0.5, 0.6) is 0 Å². The second kappa shape index (κ2) is 6.50. The highest BCUT2D eigenvalue weighted by molar-refractivity contribution is 5.78. The highest BCUT2D eigenvalue weighted by Crippen LogP contribution is 2.25. The van der Waals surface area contributed by atoms with Crippen LogP contribution in [-0.4, -0.2) is 48.6 Å². The first-order chi connectivity index (χ1) is 8.37. The standard InChI is InChI=1S/C13H25NO4/c1-9(18-10(2)8-17-4)7-13(3,12(15)16)14-11-5-6-11/h9-11,14H,5-8H2,1-4H3,(H,15,16). The van der Waals surface area contributed by atoms with E-state index in [4.69, 9.17) is 9.47 Å². The number of ether oxygens (including phenoxy) is 2. The van der Waals surface area contributed by atoms with Gasteiger partial charge >= 0.3 is 5.97 Å². The third-order valence-electron chi connectivity index (χ3n) is 3.13. The molecule has 0 aromatic rings. The van der Waals surface area contributed by atoms with Crippen molar-refractivity contribution in [1.82, 2.24) is 5.32 Å². The lowest BCUT2D eigenvalue weighted by molar-refractivity contribution is -0.146. The minimum absolute atomic E-state index is 0.0241. The number of carbonyl (C=O) groups is 1. The molecule has 5 nitrogen and oxygen atoms in total.